The van der Waals surface area contributed by atoms with E-state index >= 15 is 0 Å². The summed E-state index contributed by atoms with van der Waals surface area (Å²) in [7, 11) is 1.81. The van der Waals surface area contributed by atoms with Gasteiger partial charge in [-0.25, -0.2) is 0 Å². The molecule has 3 heteroatoms. The Morgan fingerprint density at radius 3 is 2.47 bits per heavy atom. The highest BCUT2D eigenvalue weighted by Gasteiger charge is 2.44. The monoisotopic (exact) mass is 214 g/mol. The van der Waals surface area contributed by atoms with Gasteiger partial charge in [0.05, 0.1) is 11.6 Å². The Morgan fingerprint density at radius 2 is 2.13 bits per heavy atom. The Kier molecular flexibility index (Phi) is 5.03. The molecule has 0 aliphatic heterocycles. The maximum atomic E-state index is 5.66. The van der Waals surface area contributed by atoms with Gasteiger partial charge in [0.25, 0.3) is 0 Å². The molecule has 1 aliphatic carbocycles. The molecule has 2 unspecified atom stereocenters. The smallest absolute Gasteiger partial charge is 0.0844 e. The molecule has 0 aromatic carbocycles. The number of methoxy groups -OCH3 is 1. The molecule has 0 heterocycles. The van der Waals surface area contributed by atoms with Crippen LogP contribution in [0.15, 0.2) is 0 Å². The Hall–Kier alpha value is -0.120. The zero-order valence-corrected chi connectivity index (χ0v) is 10.4. The number of rotatable bonds is 7. The summed E-state index contributed by atoms with van der Waals surface area (Å²) in [6, 6.07) is 0.317. The molecule has 0 aromatic rings. The molecular formula is C12H26N2O. The van der Waals surface area contributed by atoms with Crippen molar-refractivity contribution in [2.45, 2.75) is 64.0 Å². The van der Waals surface area contributed by atoms with E-state index < -0.39 is 0 Å². The topological polar surface area (TPSA) is 47.3 Å². The van der Waals surface area contributed by atoms with Crippen LogP contribution in [0.1, 0.15) is 52.4 Å². The molecule has 0 spiro atoms. The zero-order valence-electron chi connectivity index (χ0n) is 10.4. The first-order valence-electron chi connectivity index (χ1n) is 6.19. The number of nitrogens with two attached hydrogens (primary N) is 1. The maximum Gasteiger partial charge on any atom is 0.0844 e. The minimum atomic E-state index is 0.0246. The second-order valence-electron chi connectivity index (χ2n) is 4.97. The van der Waals surface area contributed by atoms with Gasteiger partial charge in [-0.3, -0.25) is 11.3 Å². The summed E-state index contributed by atoms with van der Waals surface area (Å²) in [5.74, 6) is 6.38. The van der Waals surface area contributed by atoms with E-state index in [0.29, 0.717) is 6.04 Å². The number of hydrogen-bond acceptors (Lipinski definition) is 3. The molecule has 1 aliphatic rings. The van der Waals surface area contributed by atoms with Gasteiger partial charge in [0.15, 0.2) is 0 Å². The van der Waals surface area contributed by atoms with E-state index in [1.54, 1.807) is 0 Å². The van der Waals surface area contributed by atoms with Crippen LogP contribution in [0, 0.1) is 5.92 Å². The van der Waals surface area contributed by atoms with E-state index in [2.05, 4.69) is 19.3 Å². The third-order valence-electron chi connectivity index (χ3n) is 3.86. The number of nitrogens with one attached hydrogen (secondary N) is 1. The summed E-state index contributed by atoms with van der Waals surface area (Å²) in [4.78, 5) is 0. The lowest BCUT2D eigenvalue weighted by atomic mass is 9.72. The van der Waals surface area contributed by atoms with Crippen LogP contribution in [-0.2, 0) is 4.74 Å². The molecule has 15 heavy (non-hydrogen) atoms. The standard InChI is InChI=1S/C12H26N2O/c1-4-6-10(2)9-11(14-13)12(15-3)7-5-8-12/h10-11,14H,4-9,13H2,1-3H3. The first kappa shape index (κ1) is 12.9. The van der Waals surface area contributed by atoms with Crippen molar-refractivity contribution in [3.63, 3.8) is 0 Å². The molecule has 3 N–H and O–H groups in total. The first-order valence-corrected chi connectivity index (χ1v) is 6.19. The lowest BCUT2D eigenvalue weighted by molar-refractivity contribution is -0.103. The lowest BCUT2D eigenvalue weighted by Crippen LogP contribution is -2.58. The van der Waals surface area contributed by atoms with Crippen molar-refractivity contribution in [3.8, 4) is 0 Å². The van der Waals surface area contributed by atoms with Gasteiger partial charge in [-0.1, -0.05) is 26.7 Å². The average Bonchev–Trinajstić information content (AvgIpc) is 2.15. The summed E-state index contributed by atoms with van der Waals surface area (Å²) in [6.45, 7) is 4.53. The zero-order chi connectivity index (χ0) is 11.3. The Morgan fingerprint density at radius 1 is 1.47 bits per heavy atom. The fraction of sp³-hybridized carbons (Fsp3) is 1.00. The van der Waals surface area contributed by atoms with Crippen LogP contribution in [0.2, 0.25) is 0 Å². The molecule has 0 aromatic heterocycles. The Labute approximate surface area is 93.7 Å². The Balaban J connectivity index is 2.47. The van der Waals surface area contributed by atoms with E-state index in [-0.39, 0.29) is 5.60 Å². The largest absolute Gasteiger partial charge is 0.377 e. The van der Waals surface area contributed by atoms with Gasteiger partial charge in [-0.15, -0.1) is 0 Å². The second kappa shape index (κ2) is 5.83. The number of ether oxygens (including phenoxy) is 1. The molecule has 0 saturated heterocycles. The molecule has 1 rings (SSSR count). The van der Waals surface area contributed by atoms with Crippen molar-refractivity contribution in [3.05, 3.63) is 0 Å². The predicted octanol–water partition coefficient (Wildman–Crippen LogP) is 2.21. The van der Waals surface area contributed by atoms with Crippen LogP contribution >= 0.6 is 0 Å². The summed E-state index contributed by atoms with van der Waals surface area (Å²) >= 11 is 0. The summed E-state index contributed by atoms with van der Waals surface area (Å²) in [6.07, 6.45) is 7.22. The van der Waals surface area contributed by atoms with E-state index in [1.165, 1.54) is 19.3 Å². The Bertz CT molecular complexity index is 175. The normalized spacial score (nSPS) is 23.2. The molecule has 1 fully saturated rings. The third kappa shape index (κ3) is 2.92. The van der Waals surface area contributed by atoms with Gasteiger partial charge >= 0.3 is 0 Å². The average molecular weight is 214 g/mol. The van der Waals surface area contributed by atoms with Crippen molar-refractivity contribution >= 4 is 0 Å². The highest BCUT2D eigenvalue weighted by molar-refractivity contribution is 4.99. The molecule has 3 nitrogen and oxygen atoms in total. The predicted molar refractivity (Wildman–Crippen MR) is 63.4 cm³/mol. The first-order chi connectivity index (χ1) is 7.18. The van der Waals surface area contributed by atoms with Crippen molar-refractivity contribution < 1.29 is 4.74 Å². The van der Waals surface area contributed by atoms with Crippen LogP contribution in [0.5, 0.6) is 0 Å². The van der Waals surface area contributed by atoms with Crippen LogP contribution in [0.3, 0.4) is 0 Å². The summed E-state index contributed by atoms with van der Waals surface area (Å²) in [5.41, 5.74) is 2.98. The lowest BCUT2D eigenvalue weighted by Gasteiger charge is -2.47. The molecule has 2 atom stereocenters. The van der Waals surface area contributed by atoms with Crippen LogP contribution in [0.4, 0.5) is 0 Å². The molecule has 0 radical (unpaired) electrons. The highest BCUT2D eigenvalue weighted by Crippen LogP contribution is 2.40. The fourth-order valence-electron chi connectivity index (χ4n) is 2.67. The minimum absolute atomic E-state index is 0.0246. The second-order valence-corrected chi connectivity index (χ2v) is 4.97. The fourth-order valence-corrected chi connectivity index (χ4v) is 2.67. The quantitative estimate of drug-likeness (QED) is 0.504. The van der Waals surface area contributed by atoms with Gasteiger partial charge in [0.2, 0.25) is 0 Å². The van der Waals surface area contributed by atoms with E-state index in [0.717, 1.165) is 25.2 Å². The summed E-state index contributed by atoms with van der Waals surface area (Å²) in [5, 5.41) is 0. The number of hydrogen-bond donors (Lipinski definition) is 2. The van der Waals surface area contributed by atoms with E-state index in [4.69, 9.17) is 10.6 Å². The molecular weight excluding hydrogens is 188 g/mol. The van der Waals surface area contributed by atoms with Gasteiger partial charge in [-0.2, -0.15) is 0 Å². The molecule has 90 valence electrons. The van der Waals surface area contributed by atoms with Crippen LogP contribution < -0.4 is 11.3 Å². The minimum Gasteiger partial charge on any atom is -0.377 e. The highest BCUT2D eigenvalue weighted by atomic mass is 16.5. The molecule has 0 amide bonds. The van der Waals surface area contributed by atoms with Gasteiger partial charge in [-0.05, 0) is 31.6 Å². The van der Waals surface area contributed by atoms with Gasteiger partial charge in [0.1, 0.15) is 0 Å². The molecule has 1 saturated carbocycles. The van der Waals surface area contributed by atoms with Crippen molar-refractivity contribution in [2.24, 2.45) is 11.8 Å². The van der Waals surface area contributed by atoms with Crippen LogP contribution in [-0.4, -0.2) is 18.8 Å². The van der Waals surface area contributed by atoms with E-state index in [1.807, 2.05) is 7.11 Å². The van der Waals surface area contributed by atoms with Crippen molar-refractivity contribution in [2.75, 3.05) is 7.11 Å². The van der Waals surface area contributed by atoms with Crippen LogP contribution in [0.25, 0.3) is 0 Å². The van der Waals surface area contributed by atoms with Crippen molar-refractivity contribution in [1.29, 1.82) is 0 Å². The van der Waals surface area contributed by atoms with E-state index in [9.17, 15) is 0 Å². The maximum absolute atomic E-state index is 5.66. The van der Waals surface area contributed by atoms with Crippen molar-refractivity contribution in [1.82, 2.24) is 5.43 Å². The SMILES string of the molecule is CCCC(C)CC(NN)C1(OC)CCC1. The van der Waals surface area contributed by atoms with Gasteiger partial charge < -0.3 is 4.74 Å². The summed E-state index contributed by atoms with van der Waals surface area (Å²) < 4.78 is 5.66. The third-order valence-corrected chi connectivity index (χ3v) is 3.86. The van der Waals surface area contributed by atoms with Gasteiger partial charge in [0, 0.05) is 7.11 Å². The number of hydrazine groups is 1. The molecule has 0 bridgehead atoms.